The highest BCUT2D eigenvalue weighted by Crippen LogP contribution is 2.22. The van der Waals surface area contributed by atoms with E-state index in [2.05, 4.69) is 37.2 Å². The van der Waals surface area contributed by atoms with Crippen molar-refractivity contribution in [3.8, 4) is 11.1 Å². The number of aromatic nitrogens is 4. The molecule has 118 valence electrons. The monoisotopic (exact) mass is 335 g/mol. The van der Waals surface area contributed by atoms with E-state index in [1.165, 1.54) is 0 Å². The van der Waals surface area contributed by atoms with Crippen LogP contribution in [0.4, 0.5) is 0 Å². The number of nitrogens with one attached hydrogen (secondary N) is 2. The molecule has 0 spiro atoms. The summed E-state index contributed by atoms with van der Waals surface area (Å²) in [5.74, 6) is -0.152. The van der Waals surface area contributed by atoms with Gasteiger partial charge in [-0.05, 0) is 52.2 Å². The molecular formula is C17H13N5OS. The molecule has 3 heterocycles. The molecular weight excluding hydrogens is 322 g/mol. The van der Waals surface area contributed by atoms with Crippen molar-refractivity contribution in [1.82, 2.24) is 25.7 Å². The van der Waals surface area contributed by atoms with Gasteiger partial charge >= 0.3 is 0 Å². The summed E-state index contributed by atoms with van der Waals surface area (Å²) in [5, 5.41) is 17.5. The van der Waals surface area contributed by atoms with Gasteiger partial charge in [-0.2, -0.15) is 26.7 Å². The van der Waals surface area contributed by atoms with Crippen LogP contribution in [0.15, 0.2) is 53.5 Å². The van der Waals surface area contributed by atoms with Crippen LogP contribution in [0, 0.1) is 0 Å². The molecule has 0 atom stereocenters. The molecule has 0 fully saturated rings. The molecule has 4 aromatic rings. The molecule has 3 aromatic heterocycles. The van der Waals surface area contributed by atoms with Crippen LogP contribution in [0.5, 0.6) is 0 Å². The molecule has 0 saturated heterocycles. The Morgan fingerprint density at radius 1 is 1.08 bits per heavy atom. The molecule has 0 aliphatic carbocycles. The van der Waals surface area contributed by atoms with Crippen LogP contribution in [0.2, 0.25) is 0 Å². The molecule has 24 heavy (non-hydrogen) atoms. The van der Waals surface area contributed by atoms with Crippen LogP contribution < -0.4 is 5.32 Å². The fourth-order valence-electron chi connectivity index (χ4n) is 2.44. The first-order chi connectivity index (χ1) is 11.8. The van der Waals surface area contributed by atoms with E-state index in [9.17, 15) is 4.79 Å². The van der Waals surface area contributed by atoms with Crippen molar-refractivity contribution in [2.75, 3.05) is 0 Å². The third-order valence-corrected chi connectivity index (χ3v) is 4.36. The Morgan fingerprint density at radius 3 is 2.88 bits per heavy atom. The number of amides is 1. The molecule has 0 aliphatic heterocycles. The van der Waals surface area contributed by atoms with Gasteiger partial charge in [-0.3, -0.25) is 9.78 Å². The average molecular weight is 335 g/mol. The van der Waals surface area contributed by atoms with Gasteiger partial charge in [0.05, 0.1) is 0 Å². The largest absolute Gasteiger partial charge is 0.348 e. The highest BCUT2D eigenvalue weighted by Gasteiger charge is 2.08. The van der Waals surface area contributed by atoms with E-state index in [-0.39, 0.29) is 5.91 Å². The summed E-state index contributed by atoms with van der Waals surface area (Å²) in [6, 6.07) is 9.31. The van der Waals surface area contributed by atoms with E-state index in [0.29, 0.717) is 17.6 Å². The van der Waals surface area contributed by atoms with Gasteiger partial charge in [-0.1, -0.05) is 0 Å². The minimum absolute atomic E-state index is 0.152. The van der Waals surface area contributed by atoms with Crippen LogP contribution in [-0.4, -0.2) is 26.3 Å². The number of thiophene rings is 1. The van der Waals surface area contributed by atoms with Gasteiger partial charge in [0, 0.05) is 30.1 Å². The zero-order valence-corrected chi connectivity index (χ0v) is 13.4. The first-order valence-electron chi connectivity index (χ1n) is 7.35. The summed E-state index contributed by atoms with van der Waals surface area (Å²) in [7, 11) is 0. The predicted molar refractivity (Wildman–Crippen MR) is 92.6 cm³/mol. The number of carbonyl (C=O) groups excluding carboxylic acids is 1. The second-order valence-corrected chi connectivity index (χ2v) is 6.08. The zero-order valence-electron chi connectivity index (χ0n) is 12.6. The minimum Gasteiger partial charge on any atom is -0.348 e. The number of benzene rings is 1. The normalized spacial score (nSPS) is 10.8. The molecule has 2 N–H and O–H groups in total. The van der Waals surface area contributed by atoms with Crippen LogP contribution in [0.25, 0.3) is 22.2 Å². The van der Waals surface area contributed by atoms with Crippen molar-refractivity contribution >= 4 is 28.3 Å². The average Bonchev–Trinajstić information content (AvgIpc) is 3.30. The lowest BCUT2D eigenvalue weighted by Crippen LogP contribution is -2.22. The lowest BCUT2D eigenvalue weighted by molar-refractivity contribution is 0.0951. The Kier molecular flexibility index (Phi) is 3.76. The highest BCUT2D eigenvalue weighted by molar-refractivity contribution is 7.08. The van der Waals surface area contributed by atoms with Crippen LogP contribution in [0.3, 0.4) is 0 Å². The second kappa shape index (κ2) is 6.21. The quantitative estimate of drug-likeness (QED) is 0.600. The van der Waals surface area contributed by atoms with Crippen molar-refractivity contribution in [2.45, 2.75) is 6.54 Å². The molecule has 0 bridgehead atoms. The number of carbonyl (C=O) groups is 1. The maximum absolute atomic E-state index is 12.3. The molecule has 0 radical (unpaired) electrons. The zero-order chi connectivity index (χ0) is 16.4. The molecule has 6 nitrogen and oxygen atoms in total. The second-order valence-electron chi connectivity index (χ2n) is 5.30. The molecule has 7 heteroatoms. The number of rotatable bonds is 4. The topological polar surface area (TPSA) is 83.6 Å². The van der Waals surface area contributed by atoms with Crippen molar-refractivity contribution < 1.29 is 4.79 Å². The fraction of sp³-hybridized carbons (Fsp3) is 0.0588. The van der Waals surface area contributed by atoms with E-state index in [4.69, 9.17) is 0 Å². The predicted octanol–water partition coefficient (Wildman–Crippen LogP) is 3.01. The van der Waals surface area contributed by atoms with E-state index < -0.39 is 0 Å². The number of aromatic amines is 1. The third-order valence-electron chi connectivity index (χ3n) is 3.68. The summed E-state index contributed by atoms with van der Waals surface area (Å²) in [4.78, 5) is 16.6. The maximum Gasteiger partial charge on any atom is 0.251 e. The third kappa shape index (κ3) is 2.89. The van der Waals surface area contributed by atoms with Gasteiger partial charge in [0.2, 0.25) is 0 Å². The summed E-state index contributed by atoms with van der Waals surface area (Å²) in [6.45, 7) is 0.417. The maximum atomic E-state index is 12.3. The molecule has 0 unspecified atom stereocenters. The molecule has 0 aliphatic rings. The summed E-state index contributed by atoms with van der Waals surface area (Å²) < 4.78 is 0. The number of hydrogen-bond acceptors (Lipinski definition) is 5. The summed E-state index contributed by atoms with van der Waals surface area (Å²) in [6.07, 6.45) is 3.59. The van der Waals surface area contributed by atoms with Gasteiger partial charge in [0.1, 0.15) is 11.0 Å². The number of H-pyrrole nitrogens is 1. The Balaban J connectivity index is 1.48. The van der Waals surface area contributed by atoms with Gasteiger partial charge in [0.15, 0.2) is 0 Å². The number of pyridine rings is 1. The SMILES string of the molecule is O=C(NCc1cncc(-c2ccsc2)c1)c1ccc2n[nH]nc2c1. The van der Waals surface area contributed by atoms with E-state index >= 15 is 0 Å². The fourth-order valence-corrected chi connectivity index (χ4v) is 3.10. The van der Waals surface area contributed by atoms with Gasteiger partial charge < -0.3 is 5.32 Å². The number of hydrogen-bond donors (Lipinski definition) is 2. The summed E-state index contributed by atoms with van der Waals surface area (Å²) >= 11 is 1.65. The standard InChI is InChI=1S/C17H13N5OS/c23-17(12-1-2-15-16(6-12)21-22-20-15)19-8-11-5-14(9-18-7-11)13-3-4-24-10-13/h1-7,9-10H,8H2,(H,19,23)(H,20,21,22). The van der Waals surface area contributed by atoms with Gasteiger partial charge in [-0.25, -0.2) is 0 Å². The van der Waals surface area contributed by atoms with Crippen molar-refractivity contribution in [3.05, 3.63) is 64.6 Å². The van der Waals surface area contributed by atoms with Gasteiger partial charge in [0.25, 0.3) is 5.91 Å². The Labute approximate surface area is 141 Å². The smallest absolute Gasteiger partial charge is 0.251 e. The lowest BCUT2D eigenvalue weighted by atomic mass is 10.1. The number of fused-ring (bicyclic) bond motifs is 1. The Bertz CT molecular complexity index is 993. The lowest BCUT2D eigenvalue weighted by Gasteiger charge is -2.06. The Hall–Kier alpha value is -3.06. The van der Waals surface area contributed by atoms with E-state index in [1.54, 1.807) is 35.7 Å². The molecule has 0 saturated carbocycles. The van der Waals surface area contributed by atoms with E-state index in [1.807, 2.05) is 17.6 Å². The minimum atomic E-state index is -0.152. The van der Waals surface area contributed by atoms with Gasteiger partial charge in [-0.15, -0.1) is 0 Å². The Morgan fingerprint density at radius 2 is 2.00 bits per heavy atom. The summed E-state index contributed by atoms with van der Waals surface area (Å²) in [5.41, 5.74) is 5.10. The molecule has 1 aromatic carbocycles. The van der Waals surface area contributed by atoms with E-state index in [0.717, 1.165) is 22.2 Å². The van der Waals surface area contributed by atoms with Crippen molar-refractivity contribution in [2.24, 2.45) is 0 Å². The van der Waals surface area contributed by atoms with Crippen LogP contribution in [0.1, 0.15) is 15.9 Å². The van der Waals surface area contributed by atoms with Crippen molar-refractivity contribution in [1.29, 1.82) is 0 Å². The first-order valence-corrected chi connectivity index (χ1v) is 8.29. The number of nitrogens with zero attached hydrogens (tertiary/aromatic N) is 3. The highest BCUT2D eigenvalue weighted by atomic mass is 32.1. The molecule has 4 rings (SSSR count). The molecule has 1 amide bonds. The first kappa shape index (κ1) is 14.5. The van der Waals surface area contributed by atoms with Crippen molar-refractivity contribution in [3.63, 3.8) is 0 Å². The van der Waals surface area contributed by atoms with Crippen LogP contribution in [-0.2, 0) is 6.54 Å². The van der Waals surface area contributed by atoms with Crippen LogP contribution >= 0.6 is 11.3 Å².